The Hall–Kier alpha value is -3.43. The van der Waals surface area contributed by atoms with E-state index in [4.69, 9.17) is 0 Å². The van der Waals surface area contributed by atoms with Crippen LogP contribution in [0.4, 0.5) is 5.69 Å². The normalized spacial score (nSPS) is 11.4. The average molecular weight is 468 g/mol. The van der Waals surface area contributed by atoms with Gasteiger partial charge in [0.05, 0.1) is 21.7 Å². The summed E-state index contributed by atoms with van der Waals surface area (Å²) in [4.78, 5) is 25.9. The fourth-order valence-electron chi connectivity index (χ4n) is 3.28. The van der Waals surface area contributed by atoms with Crippen LogP contribution >= 0.6 is 11.3 Å². The van der Waals surface area contributed by atoms with Gasteiger partial charge in [0.15, 0.2) is 0 Å². The van der Waals surface area contributed by atoms with Crippen LogP contribution < -0.4 is 9.60 Å². The van der Waals surface area contributed by atoms with Crippen LogP contribution in [0.1, 0.15) is 15.9 Å². The summed E-state index contributed by atoms with van der Waals surface area (Å²) in [6, 6.07) is 20.5. The molecule has 1 heterocycles. The Kier molecular flexibility index (Phi) is 5.86. The van der Waals surface area contributed by atoms with Crippen LogP contribution in [0.15, 0.2) is 82.5 Å². The van der Waals surface area contributed by atoms with Crippen molar-refractivity contribution in [1.82, 2.24) is 9.47 Å². The van der Waals surface area contributed by atoms with Crippen LogP contribution in [-0.4, -0.2) is 37.9 Å². The average Bonchev–Trinajstić information content (AvgIpc) is 3.08. The molecule has 0 atom stereocenters. The first-order valence-electron chi connectivity index (χ1n) is 9.76. The van der Waals surface area contributed by atoms with Gasteiger partial charge >= 0.3 is 4.87 Å². The van der Waals surface area contributed by atoms with Gasteiger partial charge in [-0.3, -0.25) is 18.9 Å². The van der Waals surface area contributed by atoms with Gasteiger partial charge in [-0.1, -0.05) is 41.7 Å². The lowest BCUT2D eigenvalue weighted by atomic mass is 10.2. The summed E-state index contributed by atoms with van der Waals surface area (Å²) in [7, 11) is -0.568. The van der Waals surface area contributed by atoms with Gasteiger partial charge in [0, 0.05) is 25.3 Å². The summed E-state index contributed by atoms with van der Waals surface area (Å²) in [5.41, 5.74) is 2.48. The van der Waals surface area contributed by atoms with E-state index in [1.807, 2.05) is 30.3 Å². The van der Waals surface area contributed by atoms with Crippen molar-refractivity contribution in [2.24, 2.45) is 0 Å². The number of hydrogen-bond donors (Lipinski definition) is 1. The van der Waals surface area contributed by atoms with Crippen LogP contribution in [0.25, 0.3) is 10.2 Å². The second-order valence-corrected chi connectivity index (χ2v) is 10.1. The highest BCUT2D eigenvalue weighted by molar-refractivity contribution is 7.92. The third kappa shape index (κ3) is 4.44. The molecule has 0 bridgehead atoms. The predicted octanol–water partition coefficient (Wildman–Crippen LogP) is 3.61. The van der Waals surface area contributed by atoms with Gasteiger partial charge < -0.3 is 4.90 Å². The SMILES string of the molecule is CN(C)C(=O)c1ccc(NS(=O)(=O)c2ccc3c(c2)sc(=O)n3Cc2ccccc2)cc1. The third-order valence-corrected chi connectivity index (χ3v) is 7.24. The Balaban J connectivity index is 1.60. The molecule has 4 rings (SSSR count). The number of sulfonamides is 1. The van der Waals surface area contributed by atoms with Crippen molar-refractivity contribution in [2.45, 2.75) is 11.4 Å². The van der Waals surface area contributed by atoms with E-state index in [1.165, 1.54) is 17.0 Å². The highest BCUT2D eigenvalue weighted by atomic mass is 32.2. The summed E-state index contributed by atoms with van der Waals surface area (Å²) in [6.07, 6.45) is 0. The molecule has 32 heavy (non-hydrogen) atoms. The summed E-state index contributed by atoms with van der Waals surface area (Å²) < 4.78 is 30.5. The van der Waals surface area contributed by atoms with Gasteiger partial charge in [-0.2, -0.15) is 0 Å². The van der Waals surface area contributed by atoms with Gasteiger partial charge in [0.2, 0.25) is 0 Å². The number of benzene rings is 3. The summed E-state index contributed by atoms with van der Waals surface area (Å²) in [5.74, 6) is -0.167. The van der Waals surface area contributed by atoms with E-state index in [-0.39, 0.29) is 15.7 Å². The van der Waals surface area contributed by atoms with Gasteiger partial charge in [0.1, 0.15) is 0 Å². The maximum atomic E-state index is 12.9. The molecule has 0 aliphatic rings. The minimum absolute atomic E-state index is 0.0616. The second kappa shape index (κ2) is 8.60. The number of nitrogens with one attached hydrogen (secondary N) is 1. The molecule has 164 valence electrons. The van der Waals surface area contributed by atoms with Gasteiger partial charge in [0.25, 0.3) is 15.9 Å². The van der Waals surface area contributed by atoms with E-state index in [0.29, 0.717) is 28.0 Å². The molecule has 0 saturated heterocycles. The molecule has 4 aromatic rings. The van der Waals surface area contributed by atoms with Crippen molar-refractivity contribution in [2.75, 3.05) is 18.8 Å². The number of thiazole rings is 1. The van der Waals surface area contributed by atoms with Crippen LogP contribution in [0.5, 0.6) is 0 Å². The van der Waals surface area contributed by atoms with Crippen molar-refractivity contribution >= 4 is 43.2 Å². The molecule has 0 aliphatic carbocycles. The molecule has 1 aromatic heterocycles. The van der Waals surface area contributed by atoms with Crippen LogP contribution in [-0.2, 0) is 16.6 Å². The minimum atomic E-state index is -3.87. The number of carbonyl (C=O) groups excluding carboxylic acids is 1. The molecule has 1 N–H and O–H groups in total. The molecular weight excluding hydrogens is 446 g/mol. The number of anilines is 1. The van der Waals surface area contributed by atoms with Crippen molar-refractivity contribution in [1.29, 1.82) is 0 Å². The van der Waals surface area contributed by atoms with E-state index in [9.17, 15) is 18.0 Å². The fraction of sp³-hybridized carbons (Fsp3) is 0.130. The Morgan fingerprint density at radius 1 is 1.00 bits per heavy atom. The van der Waals surface area contributed by atoms with E-state index in [1.54, 1.807) is 49.0 Å². The largest absolute Gasteiger partial charge is 0.345 e. The van der Waals surface area contributed by atoms with E-state index < -0.39 is 10.0 Å². The van der Waals surface area contributed by atoms with E-state index in [0.717, 1.165) is 16.9 Å². The predicted molar refractivity (Wildman–Crippen MR) is 127 cm³/mol. The van der Waals surface area contributed by atoms with Crippen LogP contribution in [0.2, 0.25) is 0 Å². The Bertz CT molecular complexity index is 1440. The molecule has 9 heteroatoms. The van der Waals surface area contributed by atoms with Crippen LogP contribution in [0, 0.1) is 0 Å². The molecule has 7 nitrogen and oxygen atoms in total. The number of fused-ring (bicyclic) bond motifs is 1. The number of aromatic nitrogens is 1. The highest BCUT2D eigenvalue weighted by Gasteiger charge is 2.18. The standard InChI is InChI=1S/C23H21N3O4S2/c1-25(2)22(27)17-8-10-18(11-9-17)24-32(29,30)19-12-13-20-21(14-19)31-23(28)26(20)15-16-6-4-3-5-7-16/h3-14,24H,15H2,1-2H3. The Morgan fingerprint density at radius 2 is 1.69 bits per heavy atom. The monoisotopic (exact) mass is 467 g/mol. The molecule has 0 spiro atoms. The van der Waals surface area contributed by atoms with E-state index >= 15 is 0 Å². The number of carbonyl (C=O) groups is 1. The first kappa shape index (κ1) is 21.8. The number of hydrogen-bond acceptors (Lipinski definition) is 5. The fourth-order valence-corrected chi connectivity index (χ4v) is 5.37. The smallest absolute Gasteiger partial charge is 0.308 e. The first-order valence-corrected chi connectivity index (χ1v) is 12.1. The summed E-state index contributed by atoms with van der Waals surface area (Å²) in [5, 5.41) is 0. The molecule has 1 amide bonds. The zero-order chi connectivity index (χ0) is 22.9. The highest BCUT2D eigenvalue weighted by Crippen LogP contribution is 2.24. The lowest BCUT2D eigenvalue weighted by molar-refractivity contribution is 0.0827. The Morgan fingerprint density at radius 3 is 2.34 bits per heavy atom. The zero-order valence-corrected chi connectivity index (χ0v) is 19.1. The van der Waals surface area contributed by atoms with Gasteiger partial charge in [-0.05, 0) is 48.0 Å². The number of nitrogens with zero attached hydrogens (tertiary/aromatic N) is 2. The minimum Gasteiger partial charge on any atom is -0.345 e. The quantitative estimate of drug-likeness (QED) is 0.469. The lowest BCUT2D eigenvalue weighted by Gasteiger charge is -2.12. The van der Waals surface area contributed by atoms with Crippen molar-refractivity contribution in [3.05, 3.63) is 93.6 Å². The molecular formula is C23H21N3O4S2. The molecule has 3 aromatic carbocycles. The van der Waals surface area contributed by atoms with Crippen molar-refractivity contribution in [3.63, 3.8) is 0 Å². The topological polar surface area (TPSA) is 88.5 Å². The molecule has 0 fully saturated rings. The zero-order valence-electron chi connectivity index (χ0n) is 17.5. The van der Waals surface area contributed by atoms with E-state index in [2.05, 4.69) is 4.72 Å². The maximum absolute atomic E-state index is 12.9. The number of rotatable bonds is 6. The van der Waals surface area contributed by atoms with Gasteiger partial charge in [-0.15, -0.1) is 0 Å². The van der Waals surface area contributed by atoms with Gasteiger partial charge in [-0.25, -0.2) is 8.42 Å². The maximum Gasteiger partial charge on any atom is 0.308 e. The molecule has 0 radical (unpaired) electrons. The molecule has 0 saturated carbocycles. The van der Waals surface area contributed by atoms with Crippen LogP contribution in [0.3, 0.4) is 0 Å². The summed E-state index contributed by atoms with van der Waals surface area (Å²) >= 11 is 1.02. The first-order chi connectivity index (χ1) is 15.2. The summed E-state index contributed by atoms with van der Waals surface area (Å²) in [6.45, 7) is 0.419. The third-order valence-electron chi connectivity index (χ3n) is 4.92. The molecule has 0 unspecified atom stereocenters. The van der Waals surface area contributed by atoms with Crippen molar-refractivity contribution < 1.29 is 13.2 Å². The van der Waals surface area contributed by atoms with Crippen molar-refractivity contribution in [3.8, 4) is 0 Å². The molecule has 0 aliphatic heterocycles. The second-order valence-electron chi connectivity index (χ2n) is 7.45. The number of amides is 1. The lowest BCUT2D eigenvalue weighted by Crippen LogP contribution is -2.21. The Labute approximate surface area is 189 Å².